The second kappa shape index (κ2) is 7.97. The molecule has 8 nitrogen and oxygen atoms in total. The van der Waals surface area contributed by atoms with Gasteiger partial charge in [0.1, 0.15) is 24.4 Å². The molecule has 0 bridgehead atoms. The Morgan fingerprint density at radius 2 is 1.22 bits per heavy atom. The average molecular weight is 270 g/mol. The molecule has 0 fully saturated rings. The number of rotatable bonds is 9. The van der Waals surface area contributed by atoms with Gasteiger partial charge in [0.2, 0.25) is 0 Å². The van der Waals surface area contributed by atoms with Crippen LogP contribution in [0.15, 0.2) is 0 Å². The van der Waals surface area contributed by atoms with E-state index in [1.54, 1.807) is 0 Å². The Morgan fingerprint density at radius 1 is 0.778 bits per heavy atom. The van der Waals surface area contributed by atoms with Crippen molar-refractivity contribution in [2.75, 3.05) is 19.8 Å². The van der Waals surface area contributed by atoms with E-state index in [0.29, 0.717) is 0 Å². The summed E-state index contributed by atoms with van der Waals surface area (Å²) in [4.78, 5) is 0. The Morgan fingerprint density at radius 3 is 1.56 bits per heavy atom. The zero-order valence-corrected chi connectivity index (χ0v) is 9.92. The van der Waals surface area contributed by atoms with Gasteiger partial charge < -0.3 is 40.9 Å². The van der Waals surface area contributed by atoms with E-state index < -0.39 is 49.8 Å². The number of aliphatic hydroxyl groups excluding tert-OH is 7. The predicted molar refractivity (Wildman–Crippen MR) is 59.5 cm³/mol. The molecule has 0 spiro atoms. The summed E-state index contributed by atoms with van der Waals surface area (Å²) in [5.74, 6) is 0. The van der Waals surface area contributed by atoms with Crippen molar-refractivity contribution in [1.82, 2.24) is 0 Å². The Balaban J connectivity index is 4.79. The van der Waals surface area contributed by atoms with Gasteiger partial charge in [-0.25, -0.2) is 0 Å². The lowest BCUT2D eigenvalue weighted by molar-refractivity contribution is -0.181. The van der Waals surface area contributed by atoms with Gasteiger partial charge in [0.15, 0.2) is 0 Å². The van der Waals surface area contributed by atoms with Gasteiger partial charge in [-0.15, -0.1) is 0 Å². The third-order valence-electron chi connectivity index (χ3n) is 2.89. The summed E-state index contributed by atoms with van der Waals surface area (Å²) >= 11 is 0. The second-order valence-electron chi connectivity index (χ2n) is 4.23. The number of hydrogen-bond acceptors (Lipinski definition) is 8. The molecule has 0 aliphatic carbocycles. The predicted octanol–water partition coefficient (Wildman–Crippen LogP) is -4.08. The molecule has 0 aromatic rings. The first kappa shape index (κ1) is 17.7. The van der Waals surface area contributed by atoms with Crippen molar-refractivity contribution in [2.45, 2.75) is 42.9 Å². The van der Waals surface area contributed by atoms with Crippen LogP contribution >= 0.6 is 0 Å². The third-order valence-corrected chi connectivity index (χ3v) is 2.89. The van der Waals surface area contributed by atoms with E-state index in [2.05, 4.69) is 0 Å². The Kier molecular flexibility index (Phi) is 7.83. The molecule has 0 heterocycles. The second-order valence-corrected chi connectivity index (χ2v) is 4.23. The van der Waals surface area contributed by atoms with Gasteiger partial charge >= 0.3 is 0 Å². The number of hydrogen-bond donors (Lipinski definition) is 8. The molecule has 0 saturated heterocycles. The summed E-state index contributed by atoms with van der Waals surface area (Å²) in [5, 5.41) is 73.9. The van der Waals surface area contributed by atoms with Gasteiger partial charge in [0.05, 0.1) is 12.2 Å². The van der Waals surface area contributed by atoms with Crippen molar-refractivity contribution in [3.63, 3.8) is 0 Å². The molecular weight excluding hydrogens is 248 g/mol. The molecule has 0 aliphatic heterocycles. The first-order valence-electron chi connectivity index (χ1n) is 5.61. The molecule has 0 aromatic heterocycles. The molecule has 18 heavy (non-hydrogen) atoms. The lowest BCUT2D eigenvalue weighted by Gasteiger charge is -2.37. The summed E-state index contributed by atoms with van der Waals surface area (Å²) in [7, 11) is 0. The van der Waals surface area contributed by atoms with E-state index in [1.165, 1.54) is 0 Å². The maximum Gasteiger partial charge on any atom is 0.111 e. The molecule has 0 saturated carbocycles. The van der Waals surface area contributed by atoms with Crippen LogP contribution in [0.5, 0.6) is 0 Å². The van der Waals surface area contributed by atoms with Crippen LogP contribution in [0.1, 0.15) is 12.8 Å². The molecule has 0 radical (unpaired) electrons. The maximum absolute atomic E-state index is 9.97. The van der Waals surface area contributed by atoms with Crippen LogP contribution in [0.3, 0.4) is 0 Å². The van der Waals surface area contributed by atoms with Crippen LogP contribution in [-0.4, -0.2) is 90.7 Å². The molecule has 4 atom stereocenters. The monoisotopic (exact) mass is 270 g/mol. The van der Waals surface area contributed by atoms with E-state index in [0.717, 1.165) is 0 Å². The first-order chi connectivity index (χ1) is 8.33. The Hall–Kier alpha value is -0.320. The summed E-state index contributed by atoms with van der Waals surface area (Å²) in [5.41, 5.74) is -2.00. The lowest BCUT2D eigenvalue weighted by atomic mass is 9.84. The average Bonchev–Trinajstić information content (AvgIpc) is 2.35. The minimum Gasteiger partial charge on any atom is -0.396 e. The van der Waals surface area contributed by atoms with Crippen molar-refractivity contribution in [2.24, 2.45) is 0 Å². The normalized spacial score (nSPS) is 19.3. The smallest absolute Gasteiger partial charge is 0.111 e. The summed E-state index contributed by atoms with van der Waals surface area (Å²) in [6.45, 7) is -1.83. The quantitative estimate of drug-likeness (QED) is 0.210. The molecule has 8 N–H and O–H groups in total. The molecule has 0 aliphatic rings. The highest BCUT2D eigenvalue weighted by Crippen LogP contribution is 2.24. The van der Waals surface area contributed by atoms with Crippen LogP contribution in [0.2, 0.25) is 0 Å². The van der Waals surface area contributed by atoms with E-state index in [9.17, 15) is 20.4 Å². The molecular formula is C10H22O8. The molecule has 0 rings (SSSR count). The van der Waals surface area contributed by atoms with Crippen LogP contribution in [0.25, 0.3) is 0 Å². The van der Waals surface area contributed by atoms with E-state index in [-0.39, 0.29) is 12.8 Å². The zero-order chi connectivity index (χ0) is 14.3. The lowest BCUT2D eigenvalue weighted by Crippen LogP contribution is -2.56. The molecule has 0 aromatic carbocycles. The minimum absolute atomic E-state index is 0.326. The fraction of sp³-hybridized carbons (Fsp3) is 1.00. The summed E-state index contributed by atoms with van der Waals surface area (Å²) in [6.07, 6.45) is -8.03. The molecule has 8 heteroatoms. The van der Waals surface area contributed by atoms with Gasteiger partial charge in [0, 0.05) is 26.1 Å². The molecule has 0 unspecified atom stereocenters. The minimum atomic E-state index is -2.00. The highest BCUT2D eigenvalue weighted by atomic mass is 16.4. The summed E-state index contributed by atoms with van der Waals surface area (Å²) in [6, 6.07) is 0. The van der Waals surface area contributed by atoms with Crippen molar-refractivity contribution >= 4 is 0 Å². The van der Waals surface area contributed by atoms with E-state index in [1.807, 2.05) is 0 Å². The van der Waals surface area contributed by atoms with Crippen molar-refractivity contribution in [1.29, 1.82) is 0 Å². The third kappa shape index (κ3) is 4.41. The van der Waals surface area contributed by atoms with Gasteiger partial charge in [-0.2, -0.15) is 0 Å². The Bertz CT molecular complexity index is 218. The Labute approximate surface area is 104 Å². The maximum atomic E-state index is 9.97. The van der Waals surface area contributed by atoms with Crippen LogP contribution < -0.4 is 0 Å². The standard InChI is InChI=1S/C10H22O8/c11-3-1-10(18,2-4-12)9(17)8(16)7(15)6(14)5-13/h6-9,11-18H,1-5H2/t6-,7-,8+,9+/m1/s1. The molecule has 110 valence electrons. The van der Waals surface area contributed by atoms with Gasteiger partial charge in [-0.3, -0.25) is 0 Å². The van der Waals surface area contributed by atoms with Gasteiger partial charge in [0.25, 0.3) is 0 Å². The van der Waals surface area contributed by atoms with Crippen molar-refractivity contribution in [3.05, 3.63) is 0 Å². The number of aliphatic hydroxyl groups is 8. The summed E-state index contributed by atoms with van der Waals surface area (Å²) < 4.78 is 0. The highest BCUT2D eigenvalue weighted by molar-refractivity contribution is 4.94. The first-order valence-corrected chi connectivity index (χ1v) is 5.61. The SMILES string of the molecule is OCCC(O)(CCO)[C@@H](O)[C@@H](O)[C@H](O)[C@H](O)CO. The fourth-order valence-corrected chi connectivity index (χ4v) is 1.65. The van der Waals surface area contributed by atoms with Crippen molar-refractivity contribution in [3.8, 4) is 0 Å². The van der Waals surface area contributed by atoms with Crippen LogP contribution in [0, 0.1) is 0 Å². The largest absolute Gasteiger partial charge is 0.396 e. The van der Waals surface area contributed by atoms with E-state index >= 15 is 0 Å². The highest BCUT2D eigenvalue weighted by Gasteiger charge is 2.43. The topological polar surface area (TPSA) is 162 Å². The van der Waals surface area contributed by atoms with Crippen molar-refractivity contribution < 1.29 is 40.9 Å². The van der Waals surface area contributed by atoms with Crippen LogP contribution in [-0.2, 0) is 0 Å². The van der Waals surface area contributed by atoms with Gasteiger partial charge in [-0.05, 0) is 0 Å². The zero-order valence-electron chi connectivity index (χ0n) is 9.92. The van der Waals surface area contributed by atoms with Crippen LogP contribution in [0.4, 0.5) is 0 Å². The van der Waals surface area contributed by atoms with Gasteiger partial charge in [-0.1, -0.05) is 0 Å². The van der Waals surface area contributed by atoms with E-state index in [4.69, 9.17) is 20.4 Å². The molecule has 0 amide bonds. The fourth-order valence-electron chi connectivity index (χ4n) is 1.65.